The van der Waals surface area contributed by atoms with Crippen molar-refractivity contribution in [2.45, 2.75) is 19.4 Å². The number of para-hydroxylation sites is 1. The average Bonchev–Trinajstić information content (AvgIpc) is 2.26. The molecule has 0 aliphatic rings. The van der Waals surface area contributed by atoms with Crippen LogP contribution in [0.2, 0.25) is 5.02 Å². The van der Waals surface area contributed by atoms with E-state index in [1.54, 1.807) is 25.1 Å². The van der Waals surface area contributed by atoms with Crippen molar-refractivity contribution in [3.63, 3.8) is 0 Å². The van der Waals surface area contributed by atoms with Gasteiger partial charge in [0, 0.05) is 0 Å². The highest BCUT2D eigenvalue weighted by Crippen LogP contribution is 2.28. The average molecular weight is 242 g/mol. The van der Waals surface area contributed by atoms with Crippen molar-refractivity contribution in [3.8, 4) is 5.75 Å². The van der Waals surface area contributed by atoms with E-state index in [1.165, 1.54) is 0 Å². The highest BCUT2D eigenvalue weighted by atomic mass is 35.5. The molecular formula is C11H12ClNO3. The van der Waals surface area contributed by atoms with Crippen molar-refractivity contribution in [1.29, 1.82) is 0 Å². The number of hydrogen-bond donors (Lipinski definition) is 1. The van der Waals surface area contributed by atoms with Gasteiger partial charge in [-0.15, -0.1) is 0 Å². The number of ether oxygens (including phenoxy) is 1. The van der Waals surface area contributed by atoms with Crippen LogP contribution in [0.4, 0.5) is 0 Å². The number of aldehydes is 1. The lowest BCUT2D eigenvalue weighted by Gasteiger charge is -2.16. The molecule has 4 nitrogen and oxygen atoms in total. The van der Waals surface area contributed by atoms with Crippen LogP contribution in [0.5, 0.6) is 5.75 Å². The first-order chi connectivity index (χ1) is 7.60. The number of carbonyl (C=O) groups excluding carboxylic acids is 2. The summed E-state index contributed by atoms with van der Waals surface area (Å²) in [5, 5.41) is 0.282. The van der Waals surface area contributed by atoms with E-state index >= 15 is 0 Å². The van der Waals surface area contributed by atoms with E-state index in [-0.39, 0.29) is 10.8 Å². The summed E-state index contributed by atoms with van der Waals surface area (Å²) in [6.07, 6.45) is 0.256. The largest absolute Gasteiger partial charge is 0.478 e. The fourth-order valence-electron chi connectivity index (χ4n) is 1.23. The number of halogens is 1. The van der Waals surface area contributed by atoms with Crippen molar-refractivity contribution in [1.82, 2.24) is 0 Å². The molecule has 1 aromatic rings. The summed E-state index contributed by atoms with van der Waals surface area (Å²) in [6, 6.07) is 4.77. The summed E-state index contributed by atoms with van der Waals surface area (Å²) in [6.45, 7) is 1.76. The second-order valence-corrected chi connectivity index (χ2v) is 3.60. The number of carbonyl (C=O) groups is 2. The molecular weight excluding hydrogens is 230 g/mol. The molecule has 0 fully saturated rings. The normalized spacial score (nSPS) is 11.9. The Hall–Kier alpha value is -1.55. The second-order valence-electron chi connectivity index (χ2n) is 3.19. The van der Waals surface area contributed by atoms with Gasteiger partial charge in [0.15, 0.2) is 12.4 Å². The maximum absolute atomic E-state index is 11.0. The Balaban J connectivity index is 3.03. The number of hydrogen-bond acceptors (Lipinski definition) is 3. The molecule has 0 aliphatic carbocycles. The van der Waals surface area contributed by atoms with Gasteiger partial charge in [-0.05, 0) is 18.6 Å². The van der Waals surface area contributed by atoms with Crippen LogP contribution in [0, 0.1) is 0 Å². The Labute approximate surface area is 98.3 Å². The van der Waals surface area contributed by atoms with E-state index < -0.39 is 12.0 Å². The van der Waals surface area contributed by atoms with Gasteiger partial charge in [0.1, 0.15) is 5.75 Å². The van der Waals surface area contributed by atoms with Crippen LogP contribution in [-0.2, 0) is 4.79 Å². The molecule has 5 heteroatoms. The Kier molecular flexibility index (Phi) is 4.31. The zero-order chi connectivity index (χ0) is 12.1. The highest BCUT2D eigenvalue weighted by Gasteiger charge is 2.18. The van der Waals surface area contributed by atoms with E-state index in [1.807, 2.05) is 0 Å². The van der Waals surface area contributed by atoms with Crippen LogP contribution in [0.3, 0.4) is 0 Å². The predicted octanol–water partition coefficient (Wildman–Crippen LogP) is 1.80. The van der Waals surface area contributed by atoms with Crippen molar-refractivity contribution in [2.75, 3.05) is 0 Å². The van der Waals surface area contributed by atoms with Crippen molar-refractivity contribution < 1.29 is 14.3 Å². The Bertz CT molecular complexity index is 406. The van der Waals surface area contributed by atoms with Gasteiger partial charge in [-0.3, -0.25) is 9.59 Å². The Morgan fingerprint density at radius 3 is 2.81 bits per heavy atom. The number of primary amides is 1. The molecule has 0 bridgehead atoms. The summed E-state index contributed by atoms with van der Waals surface area (Å²) >= 11 is 5.88. The van der Waals surface area contributed by atoms with Crippen LogP contribution in [-0.4, -0.2) is 18.3 Å². The van der Waals surface area contributed by atoms with Gasteiger partial charge < -0.3 is 10.5 Å². The third-order valence-corrected chi connectivity index (χ3v) is 2.37. The standard InChI is InChI=1S/C11H12ClNO3/c1-2-9(11(13)15)16-10-7(6-14)4-3-5-8(10)12/h3-6,9H,2H2,1H3,(H2,13,15). The lowest BCUT2D eigenvalue weighted by molar-refractivity contribution is -0.124. The Morgan fingerprint density at radius 2 is 2.31 bits per heavy atom. The van der Waals surface area contributed by atoms with E-state index in [2.05, 4.69) is 0 Å². The minimum atomic E-state index is -0.779. The van der Waals surface area contributed by atoms with Crippen LogP contribution in [0.25, 0.3) is 0 Å². The van der Waals surface area contributed by atoms with Gasteiger partial charge in [-0.2, -0.15) is 0 Å². The first kappa shape index (κ1) is 12.5. The molecule has 16 heavy (non-hydrogen) atoms. The zero-order valence-corrected chi connectivity index (χ0v) is 9.53. The molecule has 1 amide bonds. The highest BCUT2D eigenvalue weighted by molar-refractivity contribution is 6.32. The first-order valence-electron chi connectivity index (χ1n) is 4.79. The molecule has 0 saturated heterocycles. The molecule has 1 rings (SSSR count). The molecule has 0 radical (unpaired) electrons. The second kappa shape index (κ2) is 5.51. The fraction of sp³-hybridized carbons (Fsp3) is 0.273. The van der Waals surface area contributed by atoms with Crippen LogP contribution >= 0.6 is 11.6 Å². The number of nitrogens with two attached hydrogens (primary N) is 1. The topological polar surface area (TPSA) is 69.4 Å². The van der Waals surface area contributed by atoms with Gasteiger partial charge in [0.05, 0.1) is 10.6 Å². The minimum absolute atomic E-state index is 0.199. The predicted molar refractivity (Wildman–Crippen MR) is 60.7 cm³/mol. The molecule has 86 valence electrons. The monoisotopic (exact) mass is 241 g/mol. The summed E-state index contributed by atoms with van der Waals surface area (Å²) < 4.78 is 5.34. The lowest BCUT2D eigenvalue weighted by atomic mass is 10.2. The molecule has 0 saturated carbocycles. The van der Waals surface area contributed by atoms with E-state index in [9.17, 15) is 9.59 Å². The molecule has 0 aromatic heterocycles. The summed E-state index contributed by atoms with van der Waals surface area (Å²) in [5.41, 5.74) is 5.44. The minimum Gasteiger partial charge on any atom is -0.478 e. The maximum atomic E-state index is 11.0. The fourth-order valence-corrected chi connectivity index (χ4v) is 1.45. The molecule has 0 spiro atoms. The van der Waals surface area contributed by atoms with Crippen molar-refractivity contribution in [3.05, 3.63) is 28.8 Å². The van der Waals surface area contributed by atoms with Crippen LogP contribution < -0.4 is 10.5 Å². The quantitative estimate of drug-likeness (QED) is 0.799. The molecule has 2 N–H and O–H groups in total. The third-order valence-electron chi connectivity index (χ3n) is 2.07. The third kappa shape index (κ3) is 2.73. The number of amides is 1. The van der Waals surface area contributed by atoms with E-state index in [0.29, 0.717) is 18.3 Å². The Morgan fingerprint density at radius 1 is 1.62 bits per heavy atom. The number of benzene rings is 1. The van der Waals surface area contributed by atoms with Crippen LogP contribution in [0.1, 0.15) is 23.7 Å². The van der Waals surface area contributed by atoms with Gasteiger partial charge in [-0.25, -0.2) is 0 Å². The van der Waals surface area contributed by atoms with Gasteiger partial charge in [0.25, 0.3) is 5.91 Å². The summed E-state index contributed by atoms with van der Waals surface area (Å²) in [5.74, 6) is -0.385. The SMILES string of the molecule is CCC(Oc1c(Cl)cccc1C=O)C(N)=O. The molecule has 1 atom stereocenters. The van der Waals surface area contributed by atoms with Crippen molar-refractivity contribution >= 4 is 23.8 Å². The van der Waals surface area contributed by atoms with Gasteiger partial charge in [-0.1, -0.05) is 24.6 Å². The smallest absolute Gasteiger partial charge is 0.258 e. The van der Waals surface area contributed by atoms with Crippen LogP contribution in [0.15, 0.2) is 18.2 Å². The van der Waals surface area contributed by atoms with E-state index in [0.717, 1.165) is 0 Å². The summed E-state index contributed by atoms with van der Waals surface area (Å²) in [4.78, 5) is 21.8. The van der Waals surface area contributed by atoms with Crippen molar-refractivity contribution in [2.24, 2.45) is 5.73 Å². The van der Waals surface area contributed by atoms with Gasteiger partial charge >= 0.3 is 0 Å². The van der Waals surface area contributed by atoms with Gasteiger partial charge in [0.2, 0.25) is 0 Å². The summed E-state index contributed by atoms with van der Waals surface area (Å²) in [7, 11) is 0. The first-order valence-corrected chi connectivity index (χ1v) is 5.17. The zero-order valence-electron chi connectivity index (χ0n) is 8.77. The van der Waals surface area contributed by atoms with E-state index in [4.69, 9.17) is 22.1 Å². The molecule has 0 heterocycles. The molecule has 1 unspecified atom stereocenters. The molecule has 1 aromatic carbocycles. The lowest BCUT2D eigenvalue weighted by Crippen LogP contribution is -2.33. The maximum Gasteiger partial charge on any atom is 0.258 e. The molecule has 0 aliphatic heterocycles. The number of rotatable bonds is 5.